The SMILES string of the molecule is Cc1cc(=O)oc2cc(NC(=O)NCc3cccnc3-n3cncn3)ccc12. The first-order valence-electron chi connectivity index (χ1n) is 8.48. The van der Waals surface area contributed by atoms with Crippen LogP contribution in [0.3, 0.4) is 0 Å². The van der Waals surface area contributed by atoms with Gasteiger partial charge in [0.1, 0.15) is 18.2 Å². The monoisotopic (exact) mass is 376 g/mol. The van der Waals surface area contributed by atoms with Crippen molar-refractivity contribution in [2.24, 2.45) is 0 Å². The fourth-order valence-electron chi connectivity index (χ4n) is 2.85. The average Bonchev–Trinajstić information content (AvgIpc) is 3.21. The van der Waals surface area contributed by atoms with Crippen LogP contribution >= 0.6 is 0 Å². The molecule has 0 radical (unpaired) electrons. The van der Waals surface area contributed by atoms with Gasteiger partial charge in [0.25, 0.3) is 0 Å². The average molecular weight is 376 g/mol. The third-order valence-corrected chi connectivity index (χ3v) is 4.15. The molecular formula is C19H16N6O3. The van der Waals surface area contributed by atoms with E-state index in [0.29, 0.717) is 17.1 Å². The lowest BCUT2D eigenvalue weighted by molar-refractivity contribution is 0.251. The minimum absolute atomic E-state index is 0.247. The lowest BCUT2D eigenvalue weighted by Gasteiger charge is -2.11. The van der Waals surface area contributed by atoms with Crippen molar-refractivity contribution in [2.75, 3.05) is 5.32 Å². The van der Waals surface area contributed by atoms with Crippen molar-refractivity contribution < 1.29 is 9.21 Å². The largest absolute Gasteiger partial charge is 0.423 e. The molecule has 0 fully saturated rings. The van der Waals surface area contributed by atoms with E-state index in [9.17, 15) is 9.59 Å². The van der Waals surface area contributed by atoms with E-state index in [4.69, 9.17) is 4.42 Å². The minimum atomic E-state index is -0.427. The highest BCUT2D eigenvalue weighted by molar-refractivity contribution is 5.92. The van der Waals surface area contributed by atoms with Gasteiger partial charge in [0.05, 0.1) is 0 Å². The number of aromatic nitrogens is 4. The van der Waals surface area contributed by atoms with Gasteiger partial charge < -0.3 is 15.1 Å². The highest BCUT2D eigenvalue weighted by atomic mass is 16.4. The molecule has 3 aromatic heterocycles. The molecule has 1 aromatic carbocycles. The first kappa shape index (κ1) is 17.4. The van der Waals surface area contributed by atoms with Gasteiger partial charge in [0.2, 0.25) is 0 Å². The van der Waals surface area contributed by atoms with E-state index in [1.54, 1.807) is 30.5 Å². The third-order valence-electron chi connectivity index (χ3n) is 4.15. The van der Waals surface area contributed by atoms with Crippen LogP contribution in [0.5, 0.6) is 0 Å². The first-order valence-corrected chi connectivity index (χ1v) is 8.48. The van der Waals surface area contributed by atoms with Crippen LogP contribution in [0, 0.1) is 6.92 Å². The Morgan fingerprint density at radius 2 is 2.14 bits per heavy atom. The first-order chi connectivity index (χ1) is 13.6. The molecule has 2 N–H and O–H groups in total. The Hall–Kier alpha value is -4.01. The van der Waals surface area contributed by atoms with Crippen LogP contribution in [0.15, 0.2) is 64.5 Å². The van der Waals surface area contributed by atoms with Gasteiger partial charge in [0, 0.05) is 41.5 Å². The molecule has 2 amide bonds. The fraction of sp³-hybridized carbons (Fsp3) is 0.105. The van der Waals surface area contributed by atoms with Crippen LogP contribution in [0.4, 0.5) is 10.5 Å². The Bertz CT molecular complexity index is 1200. The number of carbonyl (C=O) groups excluding carboxylic acids is 1. The molecule has 0 spiro atoms. The smallest absolute Gasteiger partial charge is 0.336 e. The number of benzene rings is 1. The van der Waals surface area contributed by atoms with Gasteiger partial charge in [-0.25, -0.2) is 24.2 Å². The van der Waals surface area contributed by atoms with Crippen molar-refractivity contribution in [1.82, 2.24) is 25.1 Å². The van der Waals surface area contributed by atoms with Crippen molar-refractivity contribution in [1.29, 1.82) is 0 Å². The second kappa shape index (κ2) is 7.31. The molecular weight excluding hydrogens is 360 g/mol. The molecule has 0 aliphatic rings. The summed E-state index contributed by atoms with van der Waals surface area (Å²) >= 11 is 0. The topological polar surface area (TPSA) is 115 Å². The number of anilines is 1. The van der Waals surface area contributed by atoms with E-state index in [0.717, 1.165) is 16.5 Å². The molecule has 4 aromatic rings. The molecule has 140 valence electrons. The Kier molecular flexibility index (Phi) is 4.55. The van der Waals surface area contributed by atoms with Crippen LogP contribution in [0.25, 0.3) is 16.8 Å². The van der Waals surface area contributed by atoms with Crippen molar-refractivity contribution in [3.63, 3.8) is 0 Å². The van der Waals surface area contributed by atoms with Crippen LogP contribution in [0.1, 0.15) is 11.1 Å². The van der Waals surface area contributed by atoms with Crippen LogP contribution in [0.2, 0.25) is 0 Å². The van der Waals surface area contributed by atoms with E-state index in [2.05, 4.69) is 25.7 Å². The summed E-state index contributed by atoms with van der Waals surface area (Å²) in [7, 11) is 0. The van der Waals surface area contributed by atoms with Gasteiger partial charge in [-0.2, -0.15) is 5.10 Å². The molecule has 9 nitrogen and oxygen atoms in total. The molecule has 0 aliphatic heterocycles. The Balaban J connectivity index is 1.47. The minimum Gasteiger partial charge on any atom is -0.423 e. The highest BCUT2D eigenvalue weighted by Gasteiger charge is 2.09. The second-order valence-corrected chi connectivity index (χ2v) is 6.09. The Labute approximate surface area is 159 Å². The second-order valence-electron chi connectivity index (χ2n) is 6.09. The summed E-state index contributed by atoms with van der Waals surface area (Å²) in [4.78, 5) is 32.0. The maximum Gasteiger partial charge on any atom is 0.336 e. The molecule has 9 heteroatoms. The quantitative estimate of drug-likeness (QED) is 0.529. The third kappa shape index (κ3) is 3.58. The number of hydrogen-bond acceptors (Lipinski definition) is 6. The zero-order chi connectivity index (χ0) is 19.5. The van der Waals surface area contributed by atoms with E-state index in [1.807, 2.05) is 13.0 Å². The summed E-state index contributed by atoms with van der Waals surface area (Å²) in [5, 5.41) is 10.4. The predicted molar refractivity (Wildman–Crippen MR) is 102 cm³/mol. The standard InChI is InChI=1S/C19H16N6O3/c1-12-7-17(26)28-16-8-14(4-5-15(12)16)24-19(27)22-9-13-3-2-6-21-18(13)25-11-20-10-23-25/h2-8,10-11H,9H2,1H3,(H2,22,24,27). The van der Waals surface area contributed by atoms with E-state index >= 15 is 0 Å². The molecule has 28 heavy (non-hydrogen) atoms. The number of hydrogen-bond donors (Lipinski definition) is 2. The number of pyridine rings is 1. The van der Waals surface area contributed by atoms with E-state index < -0.39 is 11.7 Å². The van der Waals surface area contributed by atoms with Gasteiger partial charge in [0.15, 0.2) is 5.82 Å². The maximum absolute atomic E-state index is 12.3. The number of fused-ring (bicyclic) bond motifs is 1. The number of urea groups is 1. The summed E-state index contributed by atoms with van der Waals surface area (Å²) in [6.45, 7) is 2.08. The Morgan fingerprint density at radius 3 is 2.96 bits per heavy atom. The number of nitrogens with one attached hydrogen (secondary N) is 2. The lowest BCUT2D eigenvalue weighted by atomic mass is 10.1. The number of nitrogens with zero attached hydrogens (tertiary/aromatic N) is 4. The highest BCUT2D eigenvalue weighted by Crippen LogP contribution is 2.20. The van der Waals surface area contributed by atoms with E-state index in [1.165, 1.54) is 23.4 Å². The molecule has 4 rings (SSSR count). The number of amides is 2. The van der Waals surface area contributed by atoms with Crippen LogP contribution in [-0.2, 0) is 6.54 Å². The maximum atomic E-state index is 12.3. The summed E-state index contributed by atoms with van der Waals surface area (Å²) in [6, 6.07) is 9.83. The van der Waals surface area contributed by atoms with Gasteiger partial charge >= 0.3 is 11.7 Å². The zero-order valence-corrected chi connectivity index (χ0v) is 14.9. The number of rotatable bonds is 4. The molecule has 0 saturated carbocycles. The summed E-state index contributed by atoms with van der Waals surface area (Å²) in [6.07, 6.45) is 4.60. The molecule has 0 saturated heterocycles. The van der Waals surface area contributed by atoms with Crippen molar-refractivity contribution in [3.8, 4) is 5.82 Å². The summed E-state index contributed by atoms with van der Waals surface area (Å²) < 4.78 is 6.73. The van der Waals surface area contributed by atoms with Crippen LogP contribution in [-0.4, -0.2) is 25.8 Å². The van der Waals surface area contributed by atoms with E-state index in [-0.39, 0.29) is 6.54 Å². The summed E-state index contributed by atoms with van der Waals surface area (Å²) in [5.74, 6) is 0.586. The van der Waals surface area contributed by atoms with Gasteiger partial charge in [-0.05, 0) is 30.7 Å². The molecule has 0 unspecified atom stereocenters. The van der Waals surface area contributed by atoms with Gasteiger partial charge in [-0.15, -0.1) is 0 Å². The number of aryl methyl sites for hydroxylation is 1. The van der Waals surface area contributed by atoms with Gasteiger partial charge in [-0.3, -0.25) is 0 Å². The van der Waals surface area contributed by atoms with Crippen molar-refractivity contribution >= 4 is 22.7 Å². The molecule has 3 heterocycles. The van der Waals surface area contributed by atoms with Crippen molar-refractivity contribution in [2.45, 2.75) is 13.5 Å². The van der Waals surface area contributed by atoms with Crippen LogP contribution < -0.4 is 16.3 Å². The zero-order valence-electron chi connectivity index (χ0n) is 14.9. The number of carbonyl (C=O) groups is 1. The van der Waals surface area contributed by atoms with Crippen molar-refractivity contribution in [3.05, 3.63) is 76.8 Å². The molecule has 0 atom stereocenters. The normalized spacial score (nSPS) is 10.8. The molecule has 0 bridgehead atoms. The van der Waals surface area contributed by atoms with Gasteiger partial charge in [-0.1, -0.05) is 6.07 Å². The molecule has 0 aliphatic carbocycles. The Morgan fingerprint density at radius 1 is 1.25 bits per heavy atom. The predicted octanol–water partition coefficient (Wildman–Crippen LogP) is 2.40. The fourth-order valence-corrected chi connectivity index (χ4v) is 2.85. The lowest BCUT2D eigenvalue weighted by Crippen LogP contribution is -2.28. The summed E-state index contributed by atoms with van der Waals surface area (Å²) in [5.41, 5.74) is 2.11.